The van der Waals surface area contributed by atoms with Crippen LogP contribution in [0.5, 0.6) is 0 Å². The highest BCUT2D eigenvalue weighted by molar-refractivity contribution is 4.65. The minimum atomic E-state index is -0.237. The van der Waals surface area contributed by atoms with E-state index in [1.54, 1.807) is 0 Å². The van der Waals surface area contributed by atoms with Crippen LogP contribution in [0.4, 0.5) is 0 Å². The Labute approximate surface area is 101 Å². The summed E-state index contributed by atoms with van der Waals surface area (Å²) in [6.07, 6.45) is 2.23. The van der Waals surface area contributed by atoms with Crippen LogP contribution in [0.2, 0.25) is 0 Å². The largest absolute Gasteiger partial charge is 0.390 e. The Morgan fingerprint density at radius 1 is 1.19 bits per heavy atom. The third kappa shape index (κ3) is 9.13. The highest BCUT2D eigenvalue weighted by atomic mass is 16.3. The van der Waals surface area contributed by atoms with Crippen molar-refractivity contribution in [3.05, 3.63) is 0 Å². The van der Waals surface area contributed by atoms with Crippen molar-refractivity contribution in [1.82, 2.24) is 10.2 Å². The molecule has 0 saturated heterocycles. The van der Waals surface area contributed by atoms with Gasteiger partial charge in [-0.2, -0.15) is 0 Å². The standard InChI is InChI=1S/C13H30N2O/c1-5-15(6-2)11-13(16)10-14-9-7-8-12(3)4/h12-14,16H,5-11H2,1-4H3. The Morgan fingerprint density at radius 2 is 1.81 bits per heavy atom. The molecule has 3 nitrogen and oxygen atoms in total. The summed E-state index contributed by atoms with van der Waals surface area (Å²) in [6.45, 7) is 13.3. The zero-order chi connectivity index (χ0) is 12.4. The maximum atomic E-state index is 9.79. The number of nitrogens with one attached hydrogen (secondary N) is 1. The second-order valence-corrected chi connectivity index (χ2v) is 4.88. The molecule has 0 radical (unpaired) electrons. The van der Waals surface area contributed by atoms with Crippen molar-refractivity contribution in [2.75, 3.05) is 32.7 Å². The van der Waals surface area contributed by atoms with E-state index in [0.29, 0.717) is 6.54 Å². The molecule has 0 bridgehead atoms. The third-order valence-electron chi connectivity index (χ3n) is 2.88. The van der Waals surface area contributed by atoms with Gasteiger partial charge in [-0.3, -0.25) is 0 Å². The fourth-order valence-corrected chi connectivity index (χ4v) is 1.75. The lowest BCUT2D eigenvalue weighted by Gasteiger charge is -2.22. The number of hydrogen-bond acceptors (Lipinski definition) is 3. The van der Waals surface area contributed by atoms with Crippen LogP contribution in [0, 0.1) is 5.92 Å². The quantitative estimate of drug-likeness (QED) is 0.561. The lowest BCUT2D eigenvalue weighted by molar-refractivity contribution is 0.117. The molecule has 16 heavy (non-hydrogen) atoms. The molecular weight excluding hydrogens is 200 g/mol. The van der Waals surface area contributed by atoms with Crippen molar-refractivity contribution in [3.63, 3.8) is 0 Å². The Kier molecular flexibility index (Phi) is 9.99. The lowest BCUT2D eigenvalue weighted by atomic mass is 10.1. The molecule has 0 heterocycles. The second kappa shape index (κ2) is 10.1. The van der Waals surface area contributed by atoms with Gasteiger partial charge in [0.1, 0.15) is 0 Å². The molecule has 0 aromatic carbocycles. The van der Waals surface area contributed by atoms with E-state index in [2.05, 4.69) is 37.9 Å². The molecular formula is C13H30N2O. The summed E-state index contributed by atoms with van der Waals surface area (Å²) in [4.78, 5) is 2.25. The summed E-state index contributed by atoms with van der Waals surface area (Å²) in [7, 11) is 0. The zero-order valence-electron chi connectivity index (χ0n) is 11.5. The maximum absolute atomic E-state index is 9.79. The van der Waals surface area contributed by atoms with E-state index in [9.17, 15) is 5.11 Å². The fraction of sp³-hybridized carbons (Fsp3) is 1.00. The van der Waals surface area contributed by atoms with E-state index in [1.165, 1.54) is 12.8 Å². The summed E-state index contributed by atoms with van der Waals surface area (Å²) in [6, 6.07) is 0. The highest BCUT2D eigenvalue weighted by Gasteiger charge is 2.07. The van der Waals surface area contributed by atoms with Crippen molar-refractivity contribution >= 4 is 0 Å². The molecule has 3 heteroatoms. The first-order valence-corrected chi connectivity index (χ1v) is 6.71. The highest BCUT2D eigenvalue weighted by Crippen LogP contribution is 2.01. The summed E-state index contributed by atoms with van der Waals surface area (Å²) in [5.41, 5.74) is 0. The summed E-state index contributed by atoms with van der Waals surface area (Å²) >= 11 is 0. The molecule has 1 unspecified atom stereocenters. The minimum absolute atomic E-state index is 0.237. The van der Waals surface area contributed by atoms with Crippen molar-refractivity contribution in [3.8, 4) is 0 Å². The van der Waals surface area contributed by atoms with E-state index >= 15 is 0 Å². The first kappa shape index (κ1) is 15.9. The number of aliphatic hydroxyl groups excluding tert-OH is 1. The normalized spacial score (nSPS) is 13.7. The molecule has 0 rings (SSSR count). The van der Waals surface area contributed by atoms with Crippen molar-refractivity contribution in [2.24, 2.45) is 5.92 Å². The van der Waals surface area contributed by atoms with Crippen LogP contribution in [0.25, 0.3) is 0 Å². The van der Waals surface area contributed by atoms with Crippen LogP contribution in [-0.4, -0.2) is 48.8 Å². The fourth-order valence-electron chi connectivity index (χ4n) is 1.75. The summed E-state index contributed by atoms with van der Waals surface area (Å²) in [5, 5.41) is 13.1. The molecule has 0 saturated carbocycles. The molecule has 0 aliphatic heterocycles. The lowest BCUT2D eigenvalue weighted by Crippen LogP contribution is -2.38. The van der Waals surface area contributed by atoms with Crippen LogP contribution in [0.1, 0.15) is 40.5 Å². The van der Waals surface area contributed by atoms with E-state index in [-0.39, 0.29) is 6.10 Å². The van der Waals surface area contributed by atoms with Gasteiger partial charge in [0.25, 0.3) is 0 Å². The van der Waals surface area contributed by atoms with Gasteiger partial charge in [-0.05, 0) is 38.4 Å². The molecule has 1 atom stereocenters. The van der Waals surface area contributed by atoms with Crippen LogP contribution in [0.15, 0.2) is 0 Å². The second-order valence-electron chi connectivity index (χ2n) is 4.88. The predicted molar refractivity (Wildman–Crippen MR) is 70.7 cm³/mol. The van der Waals surface area contributed by atoms with Crippen LogP contribution in [0.3, 0.4) is 0 Å². The van der Waals surface area contributed by atoms with Gasteiger partial charge in [0.05, 0.1) is 6.10 Å². The molecule has 2 N–H and O–H groups in total. The number of aliphatic hydroxyl groups is 1. The zero-order valence-corrected chi connectivity index (χ0v) is 11.5. The smallest absolute Gasteiger partial charge is 0.0791 e. The first-order valence-electron chi connectivity index (χ1n) is 6.71. The molecule has 98 valence electrons. The van der Waals surface area contributed by atoms with Crippen molar-refractivity contribution < 1.29 is 5.11 Å². The number of rotatable bonds is 10. The Hall–Kier alpha value is -0.120. The van der Waals surface area contributed by atoms with Gasteiger partial charge in [0.2, 0.25) is 0 Å². The molecule has 0 spiro atoms. The SMILES string of the molecule is CCN(CC)CC(O)CNCCCC(C)C. The Bertz CT molecular complexity index is 147. The Morgan fingerprint density at radius 3 is 2.31 bits per heavy atom. The first-order chi connectivity index (χ1) is 7.60. The number of likely N-dealkylation sites (N-methyl/N-ethyl adjacent to an activating group) is 1. The van der Waals surface area contributed by atoms with Gasteiger partial charge < -0.3 is 15.3 Å². The van der Waals surface area contributed by atoms with E-state index in [0.717, 1.165) is 32.1 Å². The Balaban J connectivity index is 3.39. The topological polar surface area (TPSA) is 35.5 Å². The average Bonchev–Trinajstić information content (AvgIpc) is 2.25. The van der Waals surface area contributed by atoms with E-state index in [1.807, 2.05) is 0 Å². The predicted octanol–water partition coefficient (Wildman–Crippen LogP) is 1.71. The van der Waals surface area contributed by atoms with Crippen molar-refractivity contribution in [2.45, 2.75) is 46.6 Å². The van der Waals surface area contributed by atoms with Gasteiger partial charge in [0.15, 0.2) is 0 Å². The number of nitrogens with zero attached hydrogens (tertiary/aromatic N) is 1. The van der Waals surface area contributed by atoms with Gasteiger partial charge in [0, 0.05) is 13.1 Å². The van der Waals surface area contributed by atoms with E-state index < -0.39 is 0 Å². The molecule has 0 fully saturated rings. The third-order valence-corrected chi connectivity index (χ3v) is 2.88. The number of hydrogen-bond donors (Lipinski definition) is 2. The monoisotopic (exact) mass is 230 g/mol. The van der Waals surface area contributed by atoms with Crippen LogP contribution >= 0.6 is 0 Å². The minimum Gasteiger partial charge on any atom is -0.390 e. The van der Waals surface area contributed by atoms with E-state index in [4.69, 9.17) is 0 Å². The molecule has 0 amide bonds. The van der Waals surface area contributed by atoms with Crippen LogP contribution < -0.4 is 5.32 Å². The maximum Gasteiger partial charge on any atom is 0.0791 e. The molecule has 0 aliphatic rings. The molecule has 0 aliphatic carbocycles. The van der Waals surface area contributed by atoms with Gasteiger partial charge in [-0.1, -0.05) is 27.7 Å². The van der Waals surface area contributed by atoms with Crippen LogP contribution in [-0.2, 0) is 0 Å². The van der Waals surface area contributed by atoms with Gasteiger partial charge in [-0.15, -0.1) is 0 Å². The summed E-state index contributed by atoms with van der Waals surface area (Å²) in [5.74, 6) is 0.780. The molecule has 0 aromatic heterocycles. The average molecular weight is 230 g/mol. The van der Waals surface area contributed by atoms with Gasteiger partial charge in [-0.25, -0.2) is 0 Å². The summed E-state index contributed by atoms with van der Waals surface area (Å²) < 4.78 is 0. The molecule has 0 aromatic rings. The van der Waals surface area contributed by atoms with Crippen molar-refractivity contribution in [1.29, 1.82) is 0 Å². The van der Waals surface area contributed by atoms with Gasteiger partial charge >= 0.3 is 0 Å².